The summed E-state index contributed by atoms with van der Waals surface area (Å²) in [5, 5.41) is 2.47. The molecular weight excluding hydrogens is 392 g/mol. The van der Waals surface area contributed by atoms with Crippen LogP contribution in [0.25, 0.3) is 5.69 Å². The van der Waals surface area contributed by atoms with Crippen LogP contribution < -0.4 is 16.4 Å². The maximum absolute atomic E-state index is 13.8. The van der Waals surface area contributed by atoms with Gasteiger partial charge in [-0.15, -0.1) is 0 Å². The minimum atomic E-state index is -0.974. The van der Waals surface area contributed by atoms with Crippen molar-refractivity contribution in [2.45, 2.75) is 13.5 Å². The average molecular weight is 406 g/mol. The van der Waals surface area contributed by atoms with Gasteiger partial charge in [-0.3, -0.25) is 23.5 Å². The quantitative estimate of drug-likeness (QED) is 0.678. The summed E-state index contributed by atoms with van der Waals surface area (Å²) >= 11 is 5.65. The van der Waals surface area contributed by atoms with Crippen molar-refractivity contribution in [3.05, 3.63) is 91.7 Å². The monoisotopic (exact) mass is 405 g/mol. The minimum Gasteiger partial charge on any atom is -0.322 e. The third-order valence-corrected chi connectivity index (χ3v) is 4.24. The van der Waals surface area contributed by atoms with Gasteiger partial charge in [-0.05, 0) is 42.8 Å². The van der Waals surface area contributed by atoms with Crippen molar-refractivity contribution in [2.24, 2.45) is 0 Å². The number of nitrogens with zero attached hydrogens (tertiary/aromatic N) is 2. The molecule has 0 aliphatic heterocycles. The summed E-state index contributed by atoms with van der Waals surface area (Å²) in [7, 11) is 0. The number of hydrogen-bond donors (Lipinski definition) is 1. The van der Waals surface area contributed by atoms with Crippen LogP contribution >= 0.6 is 11.6 Å². The number of aromatic nitrogens is 2. The molecule has 0 aliphatic carbocycles. The molecule has 1 heterocycles. The second-order valence-electron chi connectivity index (χ2n) is 6.01. The predicted octanol–water partition coefficient (Wildman–Crippen LogP) is 2.88. The van der Waals surface area contributed by atoms with Crippen LogP contribution in [0.5, 0.6) is 0 Å². The molecule has 1 amide bonds. The molecule has 0 atom stereocenters. The summed E-state index contributed by atoms with van der Waals surface area (Å²) in [5.41, 5.74) is -1.20. The summed E-state index contributed by atoms with van der Waals surface area (Å²) in [6.07, 6.45) is 2.49. The number of nitrogens with one attached hydrogen (secondary N) is 1. The molecular formula is C19H14ClF2N3O3. The van der Waals surface area contributed by atoms with Crippen molar-refractivity contribution < 1.29 is 13.6 Å². The van der Waals surface area contributed by atoms with Gasteiger partial charge in [-0.1, -0.05) is 17.7 Å². The highest BCUT2D eigenvalue weighted by molar-refractivity contribution is 6.30. The zero-order valence-electron chi connectivity index (χ0n) is 14.6. The van der Waals surface area contributed by atoms with Gasteiger partial charge in [0.1, 0.15) is 18.2 Å². The topological polar surface area (TPSA) is 73.1 Å². The fourth-order valence-electron chi connectivity index (χ4n) is 2.60. The van der Waals surface area contributed by atoms with E-state index in [-0.39, 0.29) is 16.4 Å². The van der Waals surface area contributed by atoms with Crippen molar-refractivity contribution in [1.82, 2.24) is 9.13 Å². The summed E-state index contributed by atoms with van der Waals surface area (Å²) in [6.45, 7) is 1.17. The molecule has 0 bridgehead atoms. The van der Waals surface area contributed by atoms with Crippen LogP contribution in [0.15, 0.2) is 58.4 Å². The van der Waals surface area contributed by atoms with Gasteiger partial charge in [0.05, 0.1) is 11.4 Å². The van der Waals surface area contributed by atoms with E-state index in [2.05, 4.69) is 5.32 Å². The lowest BCUT2D eigenvalue weighted by Gasteiger charge is -2.11. The molecule has 3 aromatic rings. The lowest BCUT2D eigenvalue weighted by Crippen LogP contribution is -2.41. The highest BCUT2D eigenvalue weighted by atomic mass is 35.5. The van der Waals surface area contributed by atoms with E-state index in [1.165, 1.54) is 36.7 Å². The Kier molecular flexibility index (Phi) is 5.41. The Labute approximate surface area is 162 Å². The van der Waals surface area contributed by atoms with E-state index in [1.807, 2.05) is 0 Å². The standard InChI is InChI=1S/C19H14ClF2N3O3/c1-11-2-4-13(21)9-16(11)25-7-6-24(18(27)19(25)28)10-17(26)23-15-5-3-12(20)8-14(15)22/h2-9H,10H2,1H3,(H,23,26). The van der Waals surface area contributed by atoms with E-state index in [0.29, 0.717) is 5.56 Å². The van der Waals surface area contributed by atoms with Crippen LogP contribution in [-0.2, 0) is 11.3 Å². The van der Waals surface area contributed by atoms with Gasteiger partial charge in [-0.25, -0.2) is 8.78 Å². The largest absolute Gasteiger partial charge is 0.322 e. The molecule has 0 fully saturated rings. The Bertz CT molecular complexity index is 1190. The lowest BCUT2D eigenvalue weighted by atomic mass is 10.2. The fraction of sp³-hybridized carbons (Fsp3) is 0.105. The number of benzene rings is 2. The van der Waals surface area contributed by atoms with Crippen molar-refractivity contribution >= 4 is 23.2 Å². The molecule has 0 aliphatic rings. The first-order chi connectivity index (χ1) is 13.3. The fourth-order valence-corrected chi connectivity index (χ4v) is 2.76. The van der Waals surface area contributed by atoms with Crippen LogP contribution in [0.2, 0.25) is 5.02 Å². The Morgan fingerprint density at radius 1 is 1.07 bits per heavy atom. The van der Waals surface area contributed by atoms with Gasteiger partial charge in [0, 0.05) is 17.4 Å². The molecule has 0 unspecified atom stereocenters. The van der Waals surface area contributed by atoms with Gasteiger partial charge in [0.25, 0.3) is 0 Å². The van der Waals surface area contributed by atoms with Gasteiger partial charge < -0.3 is 5.32 Å². The van der Waals surface area contributed by atoms with E-state index < -0.39 is 35.2 Å². The molecule has 0 radical (unpaired) electrons. The minimum absolute atomic E-state index is 0.105. The number of aryl methyl sites for hydroxylation is 1. The summed E-state index contributed by atoms with van der Waals surface area (Å²) in [6, 6.07) is 7.57. The van der Waals surface area contributed by atoms with Gasteiger partial charge in [-0.2, -0.15) is 0 Å². The molecule has 0 spiro atoms. The van der Waals surface area contributed by atoms with Crippen LogP contribution in [0.3, 0.4) is 0 Å². The third-order valence-electron chi connectivity index (χ3n) is 4.01. The SMILES string of the molecule is Cc1ccc(F)cc1-n1ccn(CC(=O)Nc2ccc(Cl)cc2F)c(=O)c1=O. The molecule has 1 aromatic heterocycles. The molecule has 144 valence electrons. The van der Waals surface area contributed by atoms with E-state index in [1.54, 1.807) is 6.92 Å². The van der Waals surface area contributed by atoms with Crippen molar-refractivity contribution in [2.75, 3.05) is 5.32 Å². The van der Waals surface area contributed by atoms with E-state index in [4.69, 9.17) is 11.6 Å². The third kappa shape index (κ3) is 4.01. The van der Waals surface area contributed by atoms with Crippen LogP contribution in [0, 0.1) is 18.6 Å². The number of carbonyl (C=O) groups is 1. The molecule has 6 nitrogen and oxygen atoms in total. The van der Waals surface area contributed by atoms with E-state index in [0.717, 1.165) is 21.3 Å². The first kappa shape index (κ1) is 19.5. The lowest BCUT2D eigenvalue weighted by molar-refractivity contribution is -0.116. The van der Waals surface area contributed by atoms with Crippen LogP contribution in [-0.4, -0.2) is 15.0 Å². The number of halogens is 3. The zero-order valence-corrected chi connectivity index (χ0v) is 15.3. The van der Waals surface area contributed by atoms with Crippen LogP contribution in [0.4, 0.5) is 14.5 Å². The second kappa shape index (κ2) is 7.77. The van der Waals surface area contributed by atoms with Gasteiger partial charge in [0.15, 0.2) is 0 Å². The van der Waals surface area contributed by atoms with Crippen molar-refractivity contribution in [3.63, 3.8) is 0 Å². The summed E-state index contributed by atoms with van der Waals surface area (Å²) in [5.74, 6) is -1.99. The van der Waals surface area contributed by atoms with E-state index >= 15 is 0 Å². The first-order valence-electron chi connectivity index (χ1n) is 8.10. The molecule has 1 N–H and O–H groups in total. The highest BCUT2D eigenvalue weighted by Gasteiger charge is 2.13. The zero-order chi connectivity index (χ0) is 20.4. The predicted molar refractivity (Wildman–Crippen MR) is 101 cm³/mol. The highest BCUT2D eigenvalue weighted by Crippen LogP contribution is 2.18. The summed E-state index contributed by atoms with van der Waals surface area (Å²) < 4.78 is 29.1. The maximum atomic E-state index is 13.8. The number of carbonyl (C=O) groups excluding carboxylic acids is 1. The number of anilines is 1. The molecule has 9 heteroatoms. The van der Waals surface area contributed by atoms with Crippen molar-refractivity contribution in [3.8, 4) is 5.69 Å². The van der Waals surface area contributed by atoms with Crippen LogP contribution in [0.1, 0.15) is 5.56 Å². The number of hydrogen-bond acceptors (Lipinski definition) is 3. The van der Waals surface area contributed by atoms with Crippen molar-refractivity contribution in [1.29, 1.82) is 0 Å². The molecule has 0 saturated heterocycles. The second-order valence-corrected chi connectivity index (χ2v) is 6.45. The maximum Gasteiger partial charge on any atom is 0.320 e. The smallest absolute Gasteiger partial charge is 0.320 e. The van der Waals surface area contributed by atoms with Gasteiger partial charge >= 0.3 is 11.1 Å². The molecule has 0 saturated carbocycles. The molecule has 3 rings (SSSR count). The Hall–Kier alpha value is -3.26. The van der Waals surface area contributed by atoms with E-state index in [9.17, 15) is 23.2 Å². The first-order valence-corrected chi connectivity index (χ1v) is 8.47. The Morgan fingerprint density at radius 2 is 1.82 bits per heavy atom. The molecule has 2 aromatic carbocycles. The summed E-state index contributed by atoms with van der Waals surface area (Å²) in [4.78, 5) is 36.8. The number of amides is 1. The van der Waals surface area contributed by atoms with Gasteiger partial charge in [0.2, 0.25) is 5.91 Å². The Balaban J connectivity index is 1.87. The average Bonchev–Trinajstić information content (AvgIpc) is 2.64. The number of rotatable bonds is 4. The molecule has 28 heavy (non-hydrogen) atoms. The normalized spacial score (nSPS) is 10.7. The Morgan fingerprint density at radius 3 is 2.54 bits per heavy atom.